The fourth-order valence-electron chi connectivity index (χ4n) is 9.67. The maximum atomic E-state index is 14.4. The number of anilines is 1. The lowest BCUT2D eigenvalue weighted by Gasteiger charge is -2.47. The van der Waals surface area contributed by atoms with E-state index >= 15 is 0 Å². The molecule has 2 aliphatic carbocycles. The Morgan fingerprint density at radius 1 is 1.14 bits per heavy atom. The van der Waals surface area contributed by atoms with Gasteiger partial charge < -0.3 is 34.5 Å². The van der Waals surface area contributed by atoms with Crippen LogP contribution >= 0.6 is 18.9 Å². The van der Waals surface area contributed by atoms with Crippen LogP contribution in [0.1, 0.15) is 77.6 Å². The lowest BCUT2D eigenvalue weighted by atomic mass is 9.88. The number of rotatable bonds is 9. The van der Waals surface area contributed by atoms with Gasteiger partial charge in [0.05, 0.1) is 17.5 Å². The largest absolute Gasteiger partial charge is 0.383 e. The Kier molecular flexibility index (Phi) is 7.73. The number of thiophene rings is 1. The topological polar surface area (TPSA) is 153 Å². The summed E-state index contributed by atoms with van der Waals surface area (Å²) in [7, 11) is -3.27. The van der Waals surface area contributed by atoms with Gasteiger partial charge in [-0.25, -0.2) is 4.39 Å². The van der Waals surface area contributed by atoms with Crippen molar-refractivity contribution in [2.45, 2.75) is 80.9 Å². The molecule has 1 aromatic carbocycles. The van der Waals surface area contributed by atoms with Gasteiger partial charge in [-0.1, -0.05) is 6.07 Å². The molecular formula is C36H41FN5O7PS. The van der Waals surface area contributed by atoms with Gasteiger partial charge in [0, 0.05) is 67.0 Å². The zero-order valence-electron chi connectivity index (χ0n) is 28.2. The van der Waals surface area contributed by atoms with Crippen molar-refractivity contribution in [2.24, 2.45) is 10.8 Å². The van der Waals surface area contributed by atoms with Gasteiger partial charge in [0.15, 0.2) is 0 Å². The SMILES string of the molecule is COC[C@@H]1CCN1c1ccncc1C1CN(C(=O)[C@@H]2CC[C@@H]3CC45CC4(C[C@H](NC(=O)c4cc6cc([C@H](F)P(=O)(O)O)ccc6s4)C(=O)N32)C5)C1. The number of nitrogens with one attached hydrogen (secondary N) is 1. The Bertz CT molecular complexity index is 1990. The van der Waals surface area contributed by atoms with Crippen LogP contribution in [0.5, 0.6) is 0 Å². The number of aromatic nitrogens is 1. The number of hydrogen-bond donors (Lipinski definition) is 3. The monoisotopic (exact) mass is 737 g/mol. The van der Waals surface area contributed by atoms with E-state index in [4.69, 9.17) is 4.74 Å². The van der Waals surface area contributed by atoms with Crippen LogP contribution in [0.3, 0.4) is 0 Å². The van der Waals surface area contributed by atoms with Crippen molar-refractivity contribution in [1.29, 1.82) is 0 Å². The number of likely N-dealkylation sites (tertiary alicyclic amines) is 1. The number of amides is 3. The zero-order chi connectivity index (χ0) is 35.4. The lowest BCUT2D eigenvalue weighted by Crippen LogP contribution is -2.60. The molecule has 2 aromatic heterocycles. The minimum atomic E-state index is -4.99. The fraction of sp³-hybridized carbons (Fsp3) is 0.556. The summed E-state index contributed by atoms with van der Waals surface area (Å²) >= 11 is 1.17. The molecule has 6 fully saturated rings. The molecule has 9 rings (SSSR count). The van der Waals surface area contributed by atoms with Crippen molar-refractivity contribution in [3.63, 3.8) is 0 Å². The van der Waals surface area contributed by atoms with Crippen LogP contribution < -0.4 is 10.2 Å². The number of ether oxygens (including phenoxy) is 1. The third kappa shape index (κ3) is 5.43. The number of hydrogen-bond acceptors (Lipinski definition) is 8. The standard InChI is InChI=1S/C36H41FN5O7PS/c1-49-17-24-7-9-41(24)27-6-8-38-14-25(27)22-15-40(16-22)34(45)28-4-3-23-12-35-18-36(35,19-35)13-26(33(44)42(23)28)39-32(43)30-11-21-10-20(2-5-29(21)51-30)31(37)50(46,47)48/h2,5-6,8,10-11,14,22-24,26,28,31H,3-4,7,9,12-13,15-19H2,1H3,(H,39,43)(H2,46,47,48)/t23-,24+,26+,28+,31-,35?,36?/m1/s1. The first-order valence-electron chi connectivity index (χ1n) is 17.7. The average Bonchev–Trinajstić information content (AvgIpc) is 3.60. The van der Waals surface area contributed by atoms with Crippen LogP contribution in [0.4, 0.5) is 10.1 Å². The molecule has 5 atom stereocenters. The number of methoxy groups -OCH3 is 1. The van der Waals surface area contributed by atoms with E-state index in [2.05, 4.69) is 15.2 Å². The van der Waals surface area contributed by atoms with Gasteiger partial charge in [-0.15, -0.1) is 11.3 Å². The third-order valence-electron chi connectivity index (χ3n) is 12.7. The second-order valence-electron chi connectivity index (χ2n) is 15.6. The van der Waals surface area contributed by atoms with Crippen molar-refractivity contribution < 1.29 is 37.9 Å². The number of fused-ring (bicyclic) bond motifs is 2. The van der Waals surface area contributed by atoms with E-state index in [1.807, 2.05) is 28.3 Å². The smallest absolute Gasteiger partial charge is 0.363 e. The van der Waals surface area contributed by atoms with Gasteiger partial charge in [0.2, 0.25) is 17.7 Å². The van der Waals surface area contributed by atoms with Crippen molar-refractivity contribution in [3.05, 3.63) is 58.7 Å². The van der Waals surface area contributed by atoms with Gasteiger partial charge in [0.25, 0.3) is 5.91 Å². The van der Waals surface area contributed by atoms with Crippen molar-refractivity contribution in [2.75, 3.05) is 38.3 Å². The summed E-state index contributed by atoms with van der Waals surface area (Å²) in [6, 6.07) is 6.77. The Morgan fingerprint density at radius 2 is 1.92 bits per heavy atom. The third-order valence-corrected chi connectivity index (χ3v) is 14.7. The van der Waals surface area contributed by atoms with Gasteiger partial charge >= 0.3 is 7.60 Å². The molecule has 2 saturated carbocycles. The Hall–Kier alpha value is -3.42. The highest BCUT2D eigenvalue weighted by molar-refractivity contribution is 7.51. The quantitative estimate of drug-likeness (QED) is 0.273. The molecule has 12 nitrogen and oxygen atoms in total. The summed E-state index contributed by atoms with van der Waals surface area (Å²) < 4.78 is 31.9. The van der Waals surface area contributed by atoms with Crippen molar-refractivity contribution >= 4 is 52.4 Å². The van der Waals surface area contributed by atoms with Gasteiger partial charge in [-0.2, -0.15) is 0 Å². The van der Waals surface area contributed by atoms with Crippen molar-refractivity contribution in [1.82, 2.24) is 20.1 Å². The van der Waals surface area contributed by atoms with Crippen molar-refractivity contribution in [3.8, 4) is 0 Å². The predicted octanol–water partition coefficient (Wildman–Crippen LogP) is 4.33. The van der Waals surface area contributed by atoms with E-state index in [9.17, 15) is 33.1 Å². The predicted molar refractivity (Wildman–Crippen MR) is 187 cm³/mol. The summed E-state index contributed by atoms with van der Waals surface area (Å²) in [5.41, 5.74) is 2.40. The number of benzene rings is 1. The number of nitrogens with zero attached hydrogens (tertiary/aromatic N) is 4. The molecule has 4 saturated heterocycles. The molecule has 3 amide bonds. The van der Waals surface area contributed by atoms with E-state index in [1.165, 1.54) is 23.5 Å². The highest BCUT2D eigenvalue weighted by atomic mass is 32.1. The first-order valence-corrected chi connectivity index (χ1v) is 20.2. The van der Waals surface area contributed by atoms with E-state index in [0.29, 0.717) is 53.5 Å². The summed E-state index contributed by atoms with van der Waals surface area (Å²) in [6.45, 7) is 2.77. The van der Waals surface area contributed by atoms with Crippen LogP contribution in [-0.2, 0) is 18.9 Å². The number of alkyl halides is 1. The molecule has 3 aromatic rings. The van der Waals surface area contributed by atoms with Gasteiger partial charge in [-0.05, 0) is 91.0 Å². The van der Waals surface area contributed by atoms with E-state index < -0.39 is 31.5 Å². The van der Waals surface area contributed by atoms with Crippen LogP contribution in [0.25, 0.3) is 10.1 Å². The fourth-order valence-corrected chi connectivity index (χ4v) is 11.2. The molecule has 4 aliphatic heterocycles. The minimum Gasteiger partial charge on any atom is -0.383 e. The van der Waals surface area contributed by atoms with E-state index in [-0.39, 0.29) is 40.2 Å². The van der Waals surface area contributed by atoms with Crippen LogP contribution in [0.15, 0.2) is 42.7 Å². The maximum Gasteiger partial charge on any atom is 0.363 e. The van der Waals surface area contributed by atoms with Crippen LogP contribution in [0, 0.1) is 10.8 Å². The van der Waals surface area contributed by atoms with Crippen LogP contribution in [-0.4, -0.2) is 99.8 Å². The number of pyridine rings is 1. The molecule has 3 N–H and O–H groups in total. The maximum absolute atomic E-state index is 14.4. The summed E-state index contributed by atoms with van der Waals surface area (Å²) in [5.74, 6) is -2.96. The van der Waals surface area contributed by atoms with Gasteiger partial charge in [0.1, 0.15) is 12.1 Å². The zero-order valence-corrected chi connectivity index (χ0v) is 30.0. The first kappa shape index (κ1) is 33.4. The molecular weight excluding hydrogens is 696 g/mol. The minimum absolute atomic E-state index is 0.0310. The van der Waals surface area contributed by atoms with E-state index in [1.54, 1.807) is 19.2 Å². The number of carbonyl (C=O) groups excluding carboxylic acids is 3. The normalized spacial score (nSPS) is 31.8. The molecule has 0 spiro atoms. The summed E-state index contributed by atoms with van der Waals surface area (Å²) in [5, 5.41) is 3.50. The second kappa shape index (κ2) is 11.8. The highest BCUT2D eigenvalue weighted by Crippen LogP contribution is 2.90. The summed E-state index contributed by atoms with van der Waals surface area (Å²) in [6.07, 6.45) is 9.71. The Balaban J connectivity index is 0.909. The molecule has 0 radical (unpaired) electrons. The average molecular weight is 738 g/mol. The Labute approximate surface area is 298 Å². The second-order valence-corrected chi connectivity index (χ2v) is 18.4. The highest BCUT2D eigenvalue weighted by Gasteiger charge is 2.83. The molecule has 6 aliphatic rings. The Morgan fingerprint density at radius 3 is 2.65 bits per heavy atom. The lowest BCUT2D eigenvalue weighted by molar-refractivity contribution is -0.149. The molecule has 270 valence electrons. The molecule has 51 heavy (non-hydrogen) atoms. The molecule has 0 bridgehead atoms. The molecule has 0 unspecified atom stereocenters. The van der Waals surface area contributed by atoms with E-state index in [0.717, 1.165) is 49.9 Å². The summed E-state index contributed by atoms with van der Waals surface area (Å²) in [4.78, 5) is 71.6. The number of carbonyl (C=O) groups is 3. The van der Waals surface area contributed by atoms with Crippen LogP contribution in [0.2, 0.25) is 0 Å². The number of halogens is 1. The first-order chi connectivity index (χ1) is 24.4. The molecule has 15 heteroatoms. The van der Waals surface area contributed by atoms with Gasteiger partial charge in [-0.3, -0.25) is 23.9 Å². The molecule has 6 heterocycles.